The third-order valence-corrected chi connectivity index (χ3v) is 2.23. The molecular weight excluding hydrogens is 180 g/mol. The van der Waals surface area contributed by atoms with E-state index in [4.69, 9.17) is 14.2 Å². The lowest BCUT2D eigenvalue weighted by Crippen LogP contribution is -1.98. The highest BCUT2D eigenvalue weighted by atomic mass is 16.8. The first-order valence-electron chi connectivity index (χ1n) is 4.69. The Labute approximate surface area is 83.6 Å². The highest BCUT2D eigenvalue weighted by molar-refractivity contribution is 5.26. The Bertz CT molecular complexity index is 294. The van der Waals surface area contributed by atoms with E-state index in [1.807, 2.05) is 31.2 Å². The van der Waals surface area contributed by atoms with Crippen LogP contribution in [0.3, 0.4) is 0 Å². The van der Waals surface area contributed by atoms with E-state index in [1.54, 1.807) is 7.11 Å². The second kappa shape index (κ2) is 3.98. The quantitative estimate of drug-likeness (QED) is 0.686. The zero-order valence-corrected chi connectivity index (χ0v) is 8.40. The second-order valence-electron chi connectivity index (χ2n) is 3.37. The van der Waals surface area contributed by atoms with Gasteiger partial charge in [-0.1, -0.05) is 12.1 Å². The van der Waals surface area contributed by atoms with Crippen molar-refractivity contribution >= 4 is 0 Å². The average Bonchev–Trinajstić information content (AvgIpc) is 2.92. The maximum absolute atomic E-state index is 5.46. The van der Waals surface area contributed by atoms with Crippen molar-refractivity contribution in [2.75, 3.05) is 7.11 Å². The van der Waals surface area contributed by atoms with Gasteiger partial charge >= 0.3 is 0 Å². The van der Waals surface area contributed by atoms with Crippen molar-refractivity contribution < 1.29 is 14.2 Å². The Hall–Kier alpha value is -1.06. The summed E-state index contributed by atoms with van der Waals surface area (Å²) < 4.78 is 15.7. The van der Waals surface area contributed by atoms with Crippen LogP contribution >= 0.6 is 0 Å². The molecule has 1 heterocycles. The van der Waals surface area contributed by atoms with Gasteiger partial charge in [0.05, 0.1) is 13.7 Å². The molecule has 2 unspecified atom stereocenters. The molecule has 1 saturated heterocycles. The van der Waals surface area contributed by atoms with E-state index in [9.17, 15) is 0 Å². The molecular formula is C11H14O3. The van der Waals surface area contributed by atoms with E-state index in [1.165, 1.54) is 0 Å². The highest BCUT2D eigenvalue weighted by Gasteiger charge is 2.35. The van der Waals surface area contributed by atoms with Crippen LogP contribution in [0.15, 0.2) is 24.3 Å². The largest absolute Gasteiger partial charge is 0.497 e. The van der Waals surface area contributed by atoms with Gasteiger partial charge in [-0.15, -0.1) is 0 Å². The van der Waals surface area contributed by atoms with Crippen LogP contribution in [-0.2, 0) is 16.1 Å². The maximum atomic E-state index is 5.46. The molecule has 3 nitrogen and oxygen atoms in total. The zero-order valence-electron chi connectivity index (χ0n) is 8.40. The number of hydrogen-bond donors (Lipinski definition) is 0. The summed E-state index contributed by atoms with van der Waals surface area (Å²) in [4.78, 5) is 0. The topological polar surface area (TPSA) is 31.0 Å². The summed E-state index contributed by atoms with van der Waals surface area (Å²) in [5.41, 5.74) is 1.13. The van der Waals surface area contributed by atoms with Crippen molar-refractivity contribution in [1.29, 1.82) is 0 Å². The van der Waals surface area contributed by atoms with Crippen LogP contribution in [0.25, 0.3) is 0 Å². The van der Waals surface area contributed by atoms with Crippen LogP contribution in [0, 0.1) is 0 Å². The third-order valence-electron chi connectivity index (χ3n) is 2.23. The molecule has 0 spiro atoms. The molecule has 2 rings (SSSR count). The van der Waals surface area contributed by atoms with Gasteiger partial charge in [-0.05, 0) is 24.6 Å². The molecule has 76 valence electrons. The lowest BCUT2D eigenvalue weighted by Gasteiger charge is -2.02. The molecule has 3 heteroatoms. The van der Waals surface area contributed by atoms with Gasteiger partial charge in [0.2, 0.25) is 0 Å². The molecule has 0 aliphatic carbocycles. The van der Waals surface area contributed by atoms with E-state index in [-0.39, 0.29) is 12.4 Å². The predicted molar refractivity (Wildman–Crippen MR) is 52.1 cm³/mol. The minimum atomic E-state index is -0.00268. The summed E-state index contributed by atoms with van der Waals surface area (Å²) in [5.74, 6) is 0.866. The van der Waals surface area contributed by atoms with E-state index in [0.29, 0.717) is 6.61 Å². The van der Waals surface area contributed by atoms with Gasteiger partial charge in [0.15, 0.2) is 6.29 Å². The normalized spacial score (nSPS) is 24.7. The Balaban J connectivity index is 1.84. The van der Waals surface area contributed by atoms with Crippen LogP contribution < -0.4 is 4.74 Å². The summed E-state index contributed by atoms with van der Waals surface area (Å²) >= 11 is 0. The lowest BCUT2D eigenvalue weighted by atomic mass is 10.2. The molecule has 0 N–H and O–H groups in total. The summed E-state index contributed by atoms with van der Waals surface area (Å²) in [7, 11) is 1.66. The van der Waals surface area contributed by atoms with Crippen LogP contribution in [0.1, 0.15) is 12.5 Å². The van der Waals surface area contributed by atoms with E-state index < -0.39 is 0 Å². The molecule has 0 amide bonds. The smallest absolute Gasteiger partial charge is 0.184 e. The Morgan fingerprint density at radius 2 is 1.93 bits per heavy atom. The van der Waals surface area contributed by atoms with Gasteiger partial charge < -0.3 is 14.2 Å². The molecule has 0 bridgehead atoms. The van der Waals surface area contributed by atoms with E-state index in [2.05, 4.69) is 0 Å². The number of epoxide rings is 1. The zero-order chi connectivity index (χ0) is 9.97. The number of ether oxygens (including phenoxy) is 3. The van der Waals surface area contributed by atoms with E-state index >= 15 is 0 Å². The SMILES string of the molecule is COc1ccc(COC2OC2C)cc1. The molecule has 1 aromatic carbocycles. The highest BCUT2D eigenvalue weighted by Crippen LogP contribution is 2.23. The Morgan fingerprint density at radius 1 is 1.29 bits per heavy atom. The first-order valence-corrected chi connectivity index (χ1v) is 4.69. The van der Waals surface area contributed by atoms with Crippen LogP contribution in [0.5, 0.6) is 5.75 Å². The standard InChI is InChI=1S/C11H14O3/c1-8-11(14-8)13-7-9-3-5-10(12-2)6-4-9/h3-6,8,11H,7H2,1-2H3. The van der Waals surface area contributed by atoms with Crippen molar-refractivity contribution in [3.63, 3.8) is 0 Å². The van der Waals surface area contributed by atoms with Gasteiger partial charge in [-0.3, -0.25) is 0 Å². The van der Waals surface area contributed by atoms with Crippen molar-refractivity contribution in [2.45, 2.75) is 25.9 Å². The average molecular weight is 194 g/mol. The number of rotatable bonds is 4. The van der Waals surface area contributed by atoms with Crippen LogP contribution in [-0.4, -0.2) is 19.5 Å². The first kappa shape index (κ1) is 9.49. The van der Waals surface area contributed by atoms with Crippen molar-refractivity contribution in [3.8, 4) is 5.75 Å². The molecule has 1 aromatic rings. The van der Waals surface area contributed by atoms with Crippen molar-refractivity contribution in [1.82, 2.24) is 0 Å². The van der Waals surface area contributed by atoms with Gasteiger partial charge in [0.1, 0.15) is 11.9 Å². The maximum Gasteiger partial charge on any atom is 0.184 e. The summed E-state index contributed by atoms with van der Waals surface area (Å²) in [6.07, 6.45) is 0.255. The summed E-state index contributed by atoms with van der Waals surface area (Å²) in [6, 6.07) is 7.84. The molecule has 1 aliphatic rings. The first-order chi connectivity index (χ1) is 6.79. The molecule has 1 aliphatic heterocycles. The van der Waals surface area contributed by atoms with Gasteiger partial charge in [-0.25, -0.2) is 0 Å². The second-order valence-corrected chi connectivity index (χ2v) is 3.37. The predicted octanol–water partition coefficient (Wildman–Crippen LogP) is 1.96. The van der Waals surface area contributed by atoms with Crippen LogP contribution in [0.4, 0.5) is 0 Å². The fourth-order valence-electron chi connectivity index (χ4n) is 1.24. The van der Waals surface area contributed by atoms with Gasteiger partial charge in [-0.2, -0.15) is 0 Å². The van der Waals surface area contributed by atoms with Gasteiger partial charge in [0.25, 0.3) is 0 Å². The number of hydrogen-bond acceptors (Lipinski definition) is 3. The van der Waals surface area contributed by atoms with Crippen LogP contribution in [0.2, 0.25) is 0 Å². The summed E-state index contributed by atoms with van der Waals surface area (Å²) in [6.45, 7) is 2.59. The molecule has 0 aromatic heterocycles. The molecule has 1 fully saturated rings. The minimum absolute atomic E-state index is 0.00268. The fourth-order valence-corrected chi connectivity index (χ4v) is 1.24. The Kier molecular flexibility index (Phi) is 2.70. The monoisotopic (exact) mass is 194 g/mol. The summed E-state index contributed by atoms with van der Waals surface area (Å²) in [5, 5.41) is 0. The number of benzene rings is 1. The van der Waals surface area contributed by atoms with Crippen molar-refractivity contribution in [3.05, 3.63) is 29.8 Å². The molecule has 0 radical (unpaired) electrons. The lowest BCUT2D eigenvalue weighted by molar-refractivity contribution is 0.0385. The molecule has 14 heavy (non-hydrogen) atoms. The fraction of sp³-hybridized carbons (Fsp3) is 0.455. The van der Waals surface area contributed by atoms with E-state index in [0.717, 1.165) is 11.3 Å². The molecule has 0 saturated carbocycles. The molecule has 2 atom stereocenters. The minimum Gasteiger partial charge on any atom is -0.497 e. The van der Waals surface area contributed by atoms with Gasteiger partial charge in [0, 0.05) is 0 Å². The number of methoxy groups -OCH3 is 1. The third kappa shape index (κ3) is 2.25. The van der Waals surface area contributed by atoms with Crippen molar-refractivity contribution in [2.24, 2.45) is 0 Å². The Morgan fingerprint density at radius 3 is 2.43 bits per heavy atom.